The van der Waals surface area contributed by atoms with E-state index in [2.05, 4.69) is 5.32 Å². The first-order valence-corrected chi connectivity index (χ1v) is 6.36. The minimum atomic E-state index is -1.09. The van der Waals surface area contributed by atoms with Gasteiger partial charge < -0.3 is 15.5 Å². The van der Waals surface area contributed by atoms with Crippen LogP contribution in [0.5, 0.6) is 0 Å². The smallest absolute Gasteiger partial charge is 0.335 e. The highest BCUT2D eigenvalue weighted by Gasteiger charge is 2.12. The van der Waals surface area contributed by atoms with Crippen LogP contribution in [0.3, 0.4) is 0 Å². The third kappa shape index (κ3) is 5.16. The van der Waals surface area contributed by atoms with Crippen molar-refractivity contribution in [2.75, 3.05) is 25.5 Å². The summed E-state index contributed by atoms with van der Waals surface area (Å²) < 4.78 is 0. The lowest BCUT2D eigenvalue weighted by molar-refractivity contribution is -0.117. The molecule has 0 aromatic heterocycles. The maximum absolute atomic E-state index is 11.8. The Kier molecular flexibility index (Phi) is 5.94. The van der Waals surface area contributed by atoms with Crippen molar-refractivity contribution in [1.29, 1.82) is 0 Å². The van der Waals surface area contributed by atoms with E-state index >= 15 is 0 Å². The van der Waals surface area contributed by atoms with Gasteiger partial charge in [-0.15, -0.1) is 0 Å². The Bertz CT molecular complexity index is 505. The van der Waals surface area contributed by atoms with Crippen LogP contribution >= 0.6 is 11.6 Å². The lowest BCUT2D eigenvalue weighted by Crippen LogP contribution is -2.34. The molecule has 1 aromatic rings. The molecule has 1 amide bonds. The first-order chi connectivity index (χ1) is 9.29. The lowest BCUT2D eigenvalue weighted by atomic mass is 10.2. The number of carboxylic acid groups (broad SMARTS) is 1. The summed E-state index contributed by atoms with van der Waals surface area (Å²) in [7, 11) is 1.70. The number of aliphatic hydroxyl groups excluding tert-OH is 1. The number of hydrogen-bond acceptors (Lipinski definition) is 4. The fraction of sp³-hybridized carbons (Fsp3) is 0.385. The van der Waals surface area contributed by atoms with Crippen molar-refractivity contribution in [2.24, 2.45) is 0 Å². The first kappa shape index (κ1) is 16.4. The van der Waals surface area contributed by atoms with E-state index in [-0.39, 0.29) is 28.7 Å². The molecule has 0 spiro atoms. The molecular weight excluding hydrogens is 284 g/mol. The maximum atomic E-state index is 11.8. The van der Waals surface area contributed by atoms with Crippen LogP contribution in [0.1, 0.15) is 17.3 Å². The molecule has 0 fully saturated rings. The molecule has 0 heterocycles. The highest BCUT2D eigenvalue weighted by Crippen LogP contribution is 2.23. The molecule has 0 aliphatic carbocycles. The van der Waals surface area contributed by atoms with Crippen molar-refractivity contribution in [3.63, 3.8) is 0 Å². The third-order valence-electron chi connectivity index (χ3n) is 2.48. The number of aromatic carboxylic acids is 1. The Morgan fingerprint density at radius 1 is 1.45 bits per heavy atom. The molecule has 1 aromatic carbocycles. The zero-order valence-corrected chi connectivity index (χ0v) is 12.0. The number of aliphatic hydroxyl groups is 1. The van der Waals surface area contributed by atoms with Crippen LogP contribution in [0.2, 0.25) is 5.02 Å². The molecule has 20 heavy (non-hydrogen) atoms. The van der Waals surface area contributed by atoms with Crippen LogP contribution in [0.4, 0.5) is 5.69 Å². The van der Waals surface area contributed by atoms with Crippen molar-refractivity contribution in [3.05, 3.63) is 28.8 Å². The van der Waals surface area contributed by atoms with Crippen LogP contribution < -0.4 is 5.32 Å². The van der Waals surface area contributed by atoms with Crippen LogP contribution in [0.15, 0.2) is 18.2 Å². The molecule has 1 rings (SSSR count). The van der Waals surface area contributed by atoms with E-state index in [1.165, 1.54) is 18.2 Å². The fourth-order valence-corrected chi connectivity index (χ4v) is 1.87. The van der Waals surface area contributed by atoms with Gasteiger partial charge in [-0.05, 0) is 32.2 Å². The predicted molar refractivity (Wildman–Crippen MR) is 76.2 cm³/mol. The normalized spacial score (nSPS) is 12.2. The van der Waals surface area contributed by atoms with Gasteiger partial charge in [0.2, 0.25) is 5.91 Å². The molecule has 0 bridgehead atoms. The molecular formula is C13H17ClN2O4. The molecule has 7 heteroatoms. The molecule has 0 aliphatic rings. The van der Waals surface area contributed by atoms with E-state index in [1.54, 1.807) is 18.9 Å². The summed E-state index contributed by atoms with van der Waals surface area (Å²) in [5, 5.41) is 20.9. The summed E-state index contributed by atoms with van der Waals surface area (Å²) in [5.41, 5.74) is 0.295. The van der Waals surface area contributed by atoms with Crippen LogP contribution in [0, 0.1) is 0 Å². The van der Waals surface area contributed by atoms with E-state index < -0.39 is 12.1 Å². The average molecular weight is 301 g/mol. The third-order valence-corrected chi connectivity index (χ3v) is 2.81. The largest absolute Gasteiger partial charge is 0.478 e. The first-order valence-electron chi connectivity index (χ1n) is 5.99. The lowest BCUT2D eigenvalue weighted by Gasteiger charge is -2.18. The van der Waals surface area contributed by atoms with Gasteiger partial charge in [-0.25, -0.2) is 4.79 Å². The SMILES string of the molecule is CC(O)CN(C)CC(=O)Nc1cc(C(=O)O)ccc1Cl. The summed E-state index contributed by atoms with van der Waals surface area (Å²) >= 11 is 5.90. The van der Waals surface area contributed by atoms with Crippen molar-refractivity contribution < 1.29 is 19.8 Å². The van der Waals surface area contributed by atoms with Crippen LogP contribution in [0.25, 0.3) is 0 Å². The monoisotopic (exact) mass is 300 g/mol. The number of carbonyl (C=O) groups is 2. The van der Waals surface area contributed by atoms with E-state index in [0.29, 0.717) is 6.54 Å². The second-order valence-electron chi connectivity index (χ2n) is 4.59. The van der Waals surface area contributed by atoms with Crippen molar-refractivity contribution >= 4 is 29.2 Å². The maximum Gasteiger partial charge on any atom is 0.335 e. The summed E-state index contributed by atoms with van der Waals surface area (Å²) in [4.78, 5) is 24.3. The Balaban J connectivity index is 2.70. The number of halogens is 1. The van der Waals surface area contributed by atoms with E-state index in [9.17, 15) is 14.7 Å². The van der Waals surface area contributed by atoms with Gasteiger partial charge >= 0.3 is 5.97 Å². The summed E-state index contributed by atoms with van der Waals surface area (Å²) in [6, 6.07) is 4.08. The summed E-state index contributed by atoms with van der Waals surface area (Å²) in [5.74, 6) is -1.43. The second kappa shape index (κ2) is 7.23. The van der Waals surface area contributed by atoms with E-state index in [4.69, 9.17) is 16.7 Å². The number of anilines is 1. The minimum Gasteiger partial charge on any atom is -0.478 e. The van der Waals surface area contributed by atoms with Gasteiger partial charge in [-0.1, -0.05) is 11.6 Å². The van der Waals surface area contributed by atoms with Crippen molar-refractivity contribution in [2.45, 2.75) is 13.0 Å². The predicted octanol–water partition coefficient (Wildman–Crippen LogP) is 1.29. The Labute approximate surface area is 122 Å². The number of nitrogens with zero attached hydrogens (tertiary/aromatic N) is 1. The zero-order valence-electron chi connectivity index (χ0n) is 11.3. The van der Waals surface area contributed by atoms with Crippen molar-refractivity contribution in [3.8, 4) is 0 Å². The van der Waals surface area contributed by atoms with Crippen molar-refractivity contribution in [1.82, 2.24) is 4.90 Å². The highest BCUT2D eigenvalue weighted by molar-refractivity contribution is 6.33. The minimum absolute atomic E-state index is 0.0436. The Morgan fingerprint density at radius 3 is 2.65 bits per heavy atom. The standard InChI is InChI=1S/C13H17ClN2O4/c1-8(17)6-16(2)7-12(18)15-11-5-9(13(19)20)3-4-10(11)14/h3-5,8,17H,6-7H2,1-2H3,(H,15,18)(H,19,20). The van der Waals surface area contributed by atoms with Gasteiger partial charge in [0, 0.05) is 6.54 Å². The van der Waals surface area contributed by atoms with Gasteiger partial charge in [0.25, 0.3) is 0 Å². The Hall–Kier alpha value is -1.63. The second-order valence-corrected chi connectivity index (χ2v) is 5.00. The number of rotatable bonds is 6. The molecule has 110 valence electrons. The van der Waals surface area contributed by atoms with Gasteiger partial charge in [-0.2, -0.15) is 0 Å². The summed E-state index contributed by atoms with van der Waals surface area (Å²) in [6.07, 6.45) is -0.535. The quantitative estimate of drug-likeness (QED) is 0.736. The number of benzene rings is 1. The zero-order chi connectivity index (χ0) is 15.3. The van der Waals surface area contributed by atoms with Crippen LogP contribution in [-0.2, 0) is 4.79 Å². The molecule has 0 radical (unpaired) electrons. The number of hydrogen-bond donors (Lipinski definition) is 3. The average Bonchev–Trinajstić information content (AvgIpc) is 2.30. The molecule has 0 saturated carbocycles. The molecule has 1 unspecified atom stereocenters. The van der Waals surface area contributed by atoms with E-state index in [1.807, 2.05) is 0 Å². The van der Waals surface area contributed by atoms with Crippen LogP contribution in [-0.4, -0.2) is 53.2 Å². The number of carbonyl (C=O) groups excluding carboxylic acids is 1. The fourth-order valence-electron chi connectivity index (χ4n) is 1.70. The van der Waals surface area contributed by atoms with Gasteiger partial charge in [-0.3, -0.25) is 9.69 Å². The molecule has 6 nitrogen and oxygen atoms in total. The topological polar surface area (TPSA) is 89.9 Å². The van der Waals surface area contributed by atoms with Gasteiger partial charge in [0.1, 0.15) is 0 Å². The van der Waals surface area contributed by atoms with Gasteiger partial charge in [0.05, 0.1) is 28.9 Å². The number of likely N-dealkylation sites (N-methyl/N-ethyl adjacent to an activating group) is 1. The molecule has 0 saturated heterocycles. The molecule has 1 atom stereocenters. The number of nitrogens with one attached hydrogen (secondary N) is 1. The van der Waals surface area contributed by atoms with E-state index in [0.717, 1.165) is 0 Å². The number of amides is 1. The van der Waals surface area contributed by atoms with Gasteiger partial charge in [0.15, 0.2) is 0 Å². The highest BCUT2D eigenvalue weighted by atomic mass is 35.5. The molecule has 3 N–H and O–H groups in total. The number of carboxylic acids is 1. The molecule has 0 aliphatic heterocycles. The Morgan fingerprint density at radius 2 is 2.10 bits per heavy atom. The summed E-state index contributed by atoms with van der Waals surface area (Å²) in [6.45, 7) is 2.05.